The maximum Gasteiger partial charge on any atom is 0.155 e. The summed E-state index contributed by atoms with van der Waals surface area (Å²) in [6, 6.07) is 4.16. The van der Waals surface area contributed by atoms with E-state index in [1.165, 1.54) is 12.0 Å². The zero-order valence-corrected chi connectivity index (χ0v) is 7.91. The summed E-state index contributed by atoms with van der Waals surface area (Å²) in [6.45, 7) is 4.59. The van der Waals surface area contributed by atoms with Crippen molar-refractivity contribution in [1.82, 2.24) is 4.98 Å². The average molecular weight is 172 g/mol. The van der Waals surface area contributed by atoms with Crippen LogP contribution in [0.15, 0.2) is 23.3 Å². The Morgan fingerprint density at radius 3 is 2.85 bits per heavy atom. The summed E-state index contributed by atoms with van der Waals surface area (Å²) in [7, 11) is 0. The molecule has 0 bridgehead atoms. The van der Waals surface area contributed by atoms with Crippen molar-refractivity contribution in [2.45, 2.75) is 25.7 Å². The Kier molecular flexibility index (Phi) is 1.02. The molecule has 1 aromatic rings. The lowest BCUT2D eigenvalue weighted by Gasteiger charge is -2.10. The molecule has 1 unspecified atom stereocenters. The van der Waals surface area contributed by atoms with Crippen LogP contribution in [0, 0.1) is 5.41 Å². The topological polar surface area (TPSA) is 25.2 Å². The van der Waals surface area contributed by atoms with Crippen LogP contribution in [-0.2, 0) is 5.41 Å². The van der Waals surface area contributed by atoms with Gasteiger partial charge in [0.25, 0.3) is 0 Å². The first-order valence-electron chi connectivity index (χ1n) is 4.66. The Labute approximate surface area is 77.7 Å². The van der Waals surface area contributed by atoms with Crippen molar-refractivity contribution in [2.24, 2.45) is 10.4 Å². The number of rotatable bonds is 0. The Morgan fingerprint density at radius 2 is 2.15 bits per heavy atom. The highest BCUT2D eigenvalue weighted by atomic mass is 15.0. The Morgan fingerprint density at radius 1 is 1.38 bits per heavy atom. The van der Waals surface area contributed by atoms with Crippen LogP contribution in [0.2, 0.25) is 0 Å². The van der Waals surface area contributed by atoms with E-state index in [1.54, 1.807) is 0 Å². The standard InChI is InChI=1S/C11H12N2/c1-10(2)6-11(10)7-13-9-8(11)4-3-5-12-9/h3-5,7H,6H2,1-2H3. The third-order valence-corrected chi connectivity index (χ3v) is 3.48. The molecule has 13 heavy (non-hydrogen) atoms. The molecule has 1 saturated carbocycles. The second-order valence-electron chi connectivity index (χ2n) is 4.66. The molecule has 1 aliphatic heterocycles. The van der Waals surface area contributed by atoms with Crippen LogP contribution in [0.4, 0.5) is 5.82 Å². The van der Waals surface area contributed by atoms with Crippen LogP contribution >= 0.6 is 0 Å². The van der Waals surface area contributed by atoms with Gasteiger partial charge in [0, 0.05) is 23.4 Å². The monoisotopic (exact) mass is 172 g/mol. The van der Waals surface area contributed by atoms with E-state index in [9.17, 15) is 0 Å². The number of fused-ring (bicyclic) bond motifs is 2. The first-order valence-corrected chi connectivity index (χ1v) is 4.66. The van der Waals surface area contributed by atoms with E-state index in [4.69, 9.17) is 0 Å². The Bertz CT molecular complexity index is 406. The van der Waals surface area contributed by atoms with E-state index in [0.717, 1.165) is 5.82 Å². The SMILES string of the molecule is CC1(C)CC12C=Nc1ncccc12. The van der Waals surface area contributed by atoms with Gasteiger partial charge in [0.05, 0.1) is 0 Å². The molecular weight excluding hydrogens is 160 g/mol. The predicted molar refractivity (Wildman–Crippen MR) is 52.5 cm³/mol. The van der Waals surface area contributed by atoms with Gasteiger partial charge in [0.1, 0.15) is 0 Å². The van der Waals surface area contributed by atoms with Gasteiger partial charge in [-0.1, -0.05) is 19.9 Å². The molecule has 66 valence electrons. The van der Waals surface area contributed by atoms with E-state index in [1.807, 2.05) is 12.3 Å². The highest BCUT2D eigenvalue weighted by molar-refractivity contribution is 5.88. The minimum atomic E-state index is 0.219. The van der Waals surface area contributed by atoms with Crippen molar-refractivity contribution < 1.29 is 0 Å². The molecule has 3 rings (SSSR count). The largest absolute Gasteiger partial charge is 0.240 e. The zero-order valence-electron chi connectivity index (χ0n) is 7.91. The first-order chi connectivity index (χ1) is 6.16. The number of aliphatic imine (C=N–C) groups is 1. The first kappa shape index (κ1) is 7.25. The smallest absolute Gasteiger partial charge is 0.155 e. The lowest BCUT2D eigenvalue weighted by molar-refractivity contribution is 0.590. The summed E-state index contributed by atoms with van der Waals surface area (Å²) in [6.07, 6.45) is 5.11. The number of hydrogen-bond donors (Lipinski definition) is 0. The fourth-order valence-electron chi connectivity index (χ4n) is 2.42. The van der Waals surface area contributed by atoms with E-state index in [0.29, 0.717) is 5.41 Å². The van der Waals surface area contributed by atoms with E-state index < -0.39 is 0 Å². The van der Waals surface area contributed by atoms with Gasteiger partial charge in [-0.25, -0.2) is 9.98 Å². The molecule has 0 saturated heterocycles. The molecule has 2 heteroatoms. The van der Waals surface area contributed by atoms with Gasteiger partial charge >= 0.3 is 0 Å². The molecule has 1 fully saturated rings. The fraction of sp³-hybridized carbons (Fsp3) is 0.455. The zero-order chi connectivity index (χ0) is 9.10. The summed E-state index contributed by atoms with van der Waals surface area (Å²) in [5.41, 5.74) is 1.92. The Hall–Kier alpha value is -1.18. The van der Waals surface area contributed by atoms with Gasteiger partial charge in [-0.2, -0.15) is 0 Å². The second-order valence-corrected chi connectivity index (χ2v) is 4.66. The molecule has 0 radical (unpaired) electrons. The number of aromatic nitrogens is 1. The molecule has 0 aromatic carbocycles. The van der Waals surface area contributed by atoms with E-state index in [-0.39, 0.29) is 5.41 Å². The van der Waals surface area contributed by atoms with Crippen LogP contribution in [0.25, 0.3) is 0 Å². The van der Waals surface area contributed by atoms with Crippen LogP contribution in [0.1, 0.15) is 25.8 Å². The van der Waals surface area contributed by atoms with Gasteiger partial charge < -0.3 is 0 Å². The fourth-order valence-corrected chi connectivity index (χ4v) is 2.42. The normalized spacial score (nSPS) is 32.2. The predicted octanol–water partition coefficient (Wildman–Crippen LogP) is 2.47. The van der Waals surface area contributed by atoms with Crippen molar-refractivity contribution in [3.63, 3.8) is 0 Å². The van der Waals surface area contributed by atoms with Gasteiger partial charge in [-0.05, 0) is 17.9 Å². The number of nitrogens with zero attached hydrogens (tertiary/aromatic N) is 2. The highest BCUT2D eigenvalue weighted by Crippen LogP contribution is 2.66. The average Bonchev–Trinajstić information content (AvgIpc) is 2.51. The van der Waals surface area contributed by atoms with Crippen molar-refractivity contribution in [2.75, 3.05) is 0 Å². The van der Waals surface area contributed by atoms with E-state index >= 15 is 0 Å². The summed E-state index contributed by atoms with van der Waals surface area (Å²) < 4.78 is 0. The number of hydrogen-bond acceptors (Lipinski definition) is 2. The van der Waals surface area contributed by atoms with E-state index in [2.05, 4.69) is 36.1 Å². The van der Waals surface area contributed by atoms with Crippen molar-refractivity contribution in [3.8, 4) is 0 Å². The van der Waals surface area contributed by atoms with Gasteiger partial charge in [0.2, 0.25) is 0 Å². The quantitative estimate of drug-likeness (QED) is 0.590. The maximum absolute atomic E-state index is 4.37. The minimum absolute atomic E-state index is 0.219. The second kappa shape index (κ2) is 1.84. The van der Waals surface area contributed by atoms with Crippen LogP contribution in [0.5, 0.6) is 0 Å². The van der Waals surface area contributed by atoms with Crippen molar-refractivity contribution >= 4 is 12.0 Å². The molecule has 0 amide bonds. The molecule has 0 N–H and O–H groups in total. The molecule has 2 nitrogen and oxygen atoms in total. The Balaban J connectivity index is 2.20. The summed E-state index contributed by atoms with van der Waals surface area (Å²) in [5.74, 6) is 0.924. The van der Waals surface area contributed by atoms with Gasteiger partial charge in [0.15, 0.2) is 5.82 Å². The van der Waals surface area contributed by atoms with Gasteiger partial charge in [-0.15, -0.1) is 0 Å². The van der Waals surface area contributed by atoms with Crippen LogP contribution in [0.3, 0.4) is 0 Å². The minimum Gasteiger partial charge on any atom is -0.240 e. The molecule has 1 spiro atoms. The molecule has 2 heterocycles. The summed E-state index contributed by atoms with van der Waals surface area (Å²) >= 11 is 0. The third kappa shape index (κ3) is 0.694. The molecular formula is C11H12N2. The maximum atomic E-state index is 4.37. The summed E-state index contributed by atoms with van der Waals surface area (Å²) in [4.78, 5) is 8.64. The lowest BCUT2D eigenvalue weighted by atomic mass is 9.91. The number of pyridine rings is 1. The van der Waals surface area contributed by atoms with Crippen LogP contribution < -0.4 is 0 Å². The van der Waals surface area contributed by atoms with Gasteiger partial charge in [-0.3, -0.25) is 0 Å². The molecule has 1 aliphatic carbocycles. The third-order valence-electron chi connectivity index (χ3n) is 3.48. The lowest BCUT2D eigenvalue weighted by Crippen LogP contribution is -2.12. The van der Waals surface area contributed by atoms with Crippen LogP contribution in [-0.4, -0.2) is 11.2 Å². The van der Waals surface area contributed by atoms with Crippen molar-refractivity contribution in [1.29, 1.82) is 0 Å². The van der Waals surface area contributed by atoms with Crippen molar-refractivity contribution in [3.05, 3.63) is 23.9 Å². The molecule has 2 aliphatic rings. The highest BCUT2D eigenvalue weighted by Gasteiger charge is 2.63. The molecule has 1 atom stereocenters. The summed E-state index contributed by atoms with van der Waals surface area (Å²) in [5, 5.41) is 0. The molecule has 1 aromatic heterocycles.